The fraction of sp³-hybridized carbons (Fsp3) is 0.588. The molecule has 0 saturated heterocycles. The molecule has 3 rings (SSSR count). The van der Waals surface area contributed by atoms with Gasteiger partial charge in [-0.3, -0.25) is 4.79 Å². The van der Waals surface area contributed by atoms with Gasteiger partial charge in [-0.2, -0.15) is 0 Å². The summed E-state index contributed by atoms with van der Waals surface area (Å²) in [4.78, 5) is 14.6. The number of phenolic OH excluding ortho intramolecular Hbond substituents is 1. The smallest absolute Gasteiger partial charge is 0.239 e. The van der Waals surface area contributed by atoms with Crippen molar-refractivity contribution in [3.05, 3.63) is 29.8 Å². The molecule has 4 heteroatoms. The molecule has 3 N–H and O–H groups in total. The molecule has 4 nitrogen and oxygen atoms in total. The van der Waals surface area contributed by atoms with Gasteiger partial charge in [-0.15, -0.1) is 0 Å². The van der Waals surface area contributed by atoms with E-state index in [2.05, 4.69) is 0 Å². The van der Waals surface area contributed by atoms with E-state index in [0.717, 1.165) is 18.7 Å². The van der Waals surface area contributed by atoms with Gasteiger partial charge in [0, 0.05) is 13.1 Å². The molecule has 114 valence electrons. The van der Waals surface area contributed by atoms with Crippen molar-refractivity contribution >= 4 is 5.91 Å². The Kier molecular flexibility index (Phi) is 4.15. The molecule has 2 aliphatic rings. The highest BCUT2D eigenvalue weighted by Crippen LogP contribution is 2.34. The van der Waals surface area contributed by atoms with Crippen molar-refractivity contribution in [1.29, 1.82) is 0 Å². The van der Waals surface area contributed by atoms with Crippen LogP contribution in [-0.2, 0) is 11.2 Å². The Hall–Kier alpha value is -1.55. The van der Waals surface area contributed by atoms with E-state index in [1.54, 1.807) is 12.1 Å². The molecule has 1 amide bonds. The normalized spacial score (nSPS) is 19.3. The third-order valence-electron chi connectivity index (χ3n) is 4.37. The summed E-state index contributed by atoms with van der Waals surface area (Å²) in [5, 5.41) is 9.29. The van der Waals surface area contributed by atoms with Gasteiger partial charge >= 0.3 is 0 Å². The number of amides is 1. The average Bonchev–Trinajstić information content (AvgIpc) is 3.35. The number of hydrogen-bond donors (Lipinski definition) is 2. The van der Waals surface area contributed by atoms with Gasteiger partial charge in [-0.1, -0.05) is 12.1 Å². The van der Waals surface area contributed by atoms with Crippen LogP contribution < -0.4 is 5.73 Å². The van der Waals surface area contributed by atoms with Gasteiger partial charge in [0.05, 0.1) is 6.04 Å². The second kappa shape index (κ2) is 6.06. The molecular weight excluding hydrogens is 264 g/mol. The van der Waals surface area contributed by atoms with Crippen LogP contribution in [0.5, 0.6) is 5.75 Å². The molecule has 1 aromatic rings. The van der Waals surface area contributed by atoms with Crippen LogP contribution in [0, 0.1) is 11.8 Å². The summed E-state index contributed by atoms with van der Waals surface area (Å²) in [5.74, 6) is 1.73. The van der Waals surface area contributed by atoms with Crippen molar-refractivity contribution < 1.29 is 9.90 Å². The Labute approximate surface area is 125 Å². The molecule has 2 aliphatic carbocycles. The molecular formula is C17H24N2O2. The molecule has 0 bridgehead atoms. The zero-order chi connectivity index (χ0) is 14.8. The summed E-state index contributed by atoms with van der Waals surface area (Å²) in [5.41, 5.74) is 7.12. The summed E-state index contributed by atoms with van der Waals surface area (Å²) >= 11 is 0. The van der Waals surface area contributed by atoms with E-state index in [1.165, 1.54) is 25.7 Å². The predicted molar refractivity (Wildman–Crippen MR) is 81.8 cm³/mol. The number of nitrogens with zero attached hydrogens (tertiary/aromatic N) is 1. The van der Waals surface area contributed by atoms with Crippen molar-refractivity contribution in [2.45, 2.75) is 38.1 Å². The molecule has 2 saturated carbocycles. The summed E-state index contributed by atoms with van der Waals surface area (Å²) in [6.45, 7) is 1.78. The minimum Gasteiger partial charge on any atom is -0.508 e. The molecule has 2 fully saturated rings. The first-order valence-corrected chi connectivity index (χ1v) is 7.94. The monoisotopic (exact) mass is 288 g/mol. The van der Waals surface area contributed by atoms with E-state index in [9.17, 15) is 9.90 Å². The number of benzene rings is 1. The highest BCUT2D eigenvalue weighted by Gasteiger charge is 2.33. The maximum atomic E-state index is 12.6. The third kappa shape index (κ3) is 4.21. The van der Waals surface area contributed by atoms with E-state index in [-0.39, 0.29) is 11.7 Å². The maximum Gasteiger partial charge on any atom is 0.239 e. The Morgan fingerprint density at radius 1 is 1.14 bits per heavy atom. The largest absolute Gasteiger partial charge is 0.508 e. The lowest BCUT2D eigenvalue weighted by Crippen LogP contribution is -2.46. The SMILES string of the molecule is N[C@@H](Cc1ccc(O)cc1)C(=O)N(CC1CC1)CC1CC1. The summed E-state index contributed by atoms with van der Waals surface area (Å²) in [7, 11) is 0. The molecule has 0 aromatic heterocycles. The Morgan fingerprint density at radius 2 is 1.67 bits per heavy atom. The fourth-order valence-corrected chi connectivity index (χ4v) is 2.69. The van der Waals surface area contributed by atoms with Crippen LogP contribution in [0.2, 0.25) is 0 Å². The summed E-state index contributed by atoms with van der Waals surface area (Å²) in [6, 6.07) is 6.45. The molecule has 0 radical (unpaired) electrons. The van der Waals surface area contributed by atoms with Crippen LogP contribution in [0.3, 0.4) is 0 Å². The minimum absolute atomic E-state index is 0.0851. The van der Waals surface area contributed by atoms with E-state index in [4.69, 9.17) is 5.73 Å². The van der Waals surface area contributed by atoms with Crippen LogP contribution in [-0.4, -0.2) is 35.0 Å². The van der Waals surface area contributed by atoms with Crippen molar-refractivity contribution in [2.24, 2.45) is 17.6 Å². The van der Waals surface area contributed by atoms with Gasteiger partial charge < -0.3 is 15.7 Å². The molecule has 0 heterocycles. The van der Waals surface area contributed by atoms with Crippen LogP contribution in [0.25, 0.3) is 0 Å². The van der Waals surface area contributed by atoms with Gasteiger partial charge in [0.15, 0.2) is 0 Å². The lowest BCUT2D eigenvalue weighted by molar-refractivity contribution is -0.133. The first-order valence-electron chi connectivity index (χ1n) is 7.94. The standard InChI is InChI=1S/C17H24N2O2/c18-16(9-12-5-7-15(20)8-6-12)17(21)19(10-13-1-2-13)11-14-3-4-14/h5-8,13-14,16,20H,1-4,9-11,18H2/t16-/m0/s1. The van der Waals surface area contributed by atoms with Gasteiger partial charge in [-0.05, 0) is 61.6 Å². The Morgan fingerprint density at radius 3 is 2.14 bits per heavy atom. The van der Waals surface area contributed by atoms with Gasteiger partial charge in [0.2, 0.25) is 5.91 Å². The highest BCUT2D eigenvalue weighted by atomic mass is 16.3. The number of phenols is 1. The van der Waals surface area contributed by atoms with Crippen LogP contribution >= 0.6 is 0 Å². The Balaban J connectivity index is 1.58. The zero-order valence-electron chi connectivity index (χ0n) is 12.4. The number of nitrogens with two attached hydrogens (primary N) is 1. The van der Waals surface area contributed by atoms with Crippen molar-refractivity contribution in [3.8, 4) is 5.75 Å². The van der Waals surface area contributed by atoms with Crippen LogP contribution in [0.1, 0.15) is 31.2 Å². The molecule has 1 aromatic carbocycles. The Bertz CT molecular complexity index is 478. The molecule has 1 atom stereocenters. The molecule has 0 unspecified atom stereocenters. The summed E-state index contributed by atoms with van der Waals surface area (Å²) < 4.78 is 0. The summed E-state index contributed by atoms with van der Waals surface area (Å²) in [6.07, 6.45) is 5.54. The number of aromatic hydroxyl groups is 1. The first-order chi connectivity index (χ1) is 10.1. The highest BCUT2D eigenvalue weighted by molar-refractivity contribution is 5.82. The van der Waals surface area contributed by atoms with E-state index >= 15 is 0 Å². The van der Waals surface area contributed by atoms with Crippen molar-refractivity contribution in [1.82, 2.24) is 4.90 Å². The molecule has 0 aliphatic heterocycles. The fourth-order valence-electron chi connectivity index (χ4n) is 2.69. The maximum absolute atomic E-state index is 12.6. The van der Waals surface area contributed by atoms with Crippen molar-refractivity contribution in [3.63, 3.8) is 0 Å². The molecule has 21 heavy (non-hydrogen) atoms. The second-order valence-electron chi connectivity index (χ2n) is 6.61. The average molecular weight is 288 g/mol. The first kappa shape index (κ1) is 14.4. The van der Waals surface area contributed by atoms with E-state index in [0.29, 0.717) is 18.3 Å². The van der Waals surface area contributed by atoms with E-state index in [1.807, 2.05) is 17.0 Å². The number of hydrogen-bond acceptors (Lipinski definition) is 3. The van der Waals surface area contributed by atoms with Crippen LogP contribution in [0.15, 0.2) is 24.3 Å². The zero-order valence-corrected chi connectivity index (χ0v) is 12.4. The van der Waals surface area contributed by atoms with E-state index < -0.39 is 6.04 Å². The van der Waals surface area contributed by atoms with Crippen molar-refractivity contribution in [2.75, 3.05) is 13.1 Å². The predicted octanol–water partition coefficient (Wildman–Crippen LogP) is 1.91. The second-order valence-corrected chi connectivity index (χ2v) is 6.61. The van der Waals surface area contributed by atoms with Gasteiger partial charge in [-0.25, -0.2) is 0 Å². The van der Waals surface area contributed by atoms with Crippen LogP contribution in [0.4, 0.5) is 0 Å². The molecule has 0 spiro atoms. The quantitative estimate of drug-likeness (QED) is 0.805. The lowest BCUT2D eigenvalue weighted by Gasteiger charge is -2.26. The number of rotatable bonds is 7. The third-order valence-corrected chi connectivity index (χ3v) is 4.37. The minimum atomic E-state index is -0.480. The number of carbonyl (C=O) groups is 1. The van der Waals surface area contributed by atoms with Gasteiger partial charge in [0.1, 0.15) is 5.75 Å². The number of carbonyl (C=O) groups excluding carboxylic acids is 1. The van der Waals surface area contributed by atoms with Gasteiger partial charge in [0.25, 0.3) is 0 Å². The topological polar surface area (TPSA) is 66.6 Å². The lowest BCUT2D eigenvalue weighted by atomic mass is 10.0.